The molecule has 0 radical (unpaired) electrons. The molecule has 21 heavy (non-hydrogen) atoms. The maximum absolute atomic E-state index is 6.07. The maximum Gasteiger partial charge on any atom is 0.0437 e. The Morgan fingerprint density at radius 2 is 1.76 bits per heavy atom. The van der Waals surface area contributed by atoms with Crippen molar-refractivity contribution in [2.45, 2.75) is 39.7 Å². The smallest absolute Gasteiger partial charge is 0.0437 e. The molecule has 2 nitrogen and oxygen atoms in total. The van der Waals surface area contributed by atoms with Crippen LogP contribution >= 0.6 is 0 Å². The Hall–Kier alpha value is -1.80. The van der Waals surface area contributed by atoms with Gasteiger partial charge in [0, 0.05) is 24.5 Å². The fourth-order valence-electron chi connectivity index (χ4n) is 2.62. The van der Waals surface area contributed by atoms with E-state index in [9.17, 15) is 0 Å². The van der Waals surface area contributed by atoms with Crippen LogP contribution in [0.5, 0.6) is 0 Å². The van der Waals surface area contributed by atoms with Gasteiger partial charge in [-0.15, -0.1) is 0 Å². The largest absolute Gasteiger partial charge is 0.344 e. The third-order valence-corrected chi connectivity index (χ3v) is 4.20. The Morgan fingerprint density at radius 1 is 1.05 bits per heavy atom. The molecule has 1 atom stereocenters. The normalized spacial score (nSPS) is 12.2. The maximum atomic E-state index is 6.07. The van der Waals surface area contributed by atoms with Crippen LogP contribution in [0.4, 0.5) is 11.4 Å². The predicted molar refractivity (Wildman–Crippen MR) is 92.4 cm³/mol. The topological polar surface area (TPSA) is 29.3 Å². The van der Waals surface area contributed by atoms with Gasteiger partial charge in [0.25, 0.3) is 0 Å². The van der Waals surface area contributed by atoms with Crippen LogP contribution in [0, 0.1) is 13.8 Å². The number of benzene rings is 2. The van der Waals surface area contributed by atoms with E-state index in [1.807, 2.05) is 0 Å². The van der Waals surface area contributed by atoms with Crippen molar-refractivity contribution >= 4 is 11.4 Å². The van der Waals surface area contributed by atoms with Gasteiger partial charge in [-0.05, 0) is 61.6 Å². The van der Waals surface area contributed by atoms with Gasteiger partial charge >= 0.3 is 0 Å². The molecule has 2 heteroatoms. The lowest BCUT2D eigenvalue weighted by Gasteiger charge is -2.23. The number of aryl methyl sites for hydroxylation is 2. The molecule has 1 unspecified atom stereocenters. The first-order valence-corrected chi connectivity index (χ1v) is 7.67. The van der Waals surface area contributed by atoms with Crippen LogP contribution in [0.3, 0.4) is 0 Å². The van der Waals surface area contributed by atoms with Crippen molar-refractivity contribution in [2.24, 2.45) is 5.73 Å². The molecule has 2 rings (SSSR count). The van der Waals surface area contributed by atoms with Crippen LogP contribution in [0.15, 0.2) is 42.5 Å². The van der Waals surface area contributed by atoms with Crippen LogP contribution in [-0.4, -0.2) is 13.1 Å². The van der Waals surface area contributed by atoms with Crippen LogP contribution < -0.4 is 10.6 Å². The van der Waals surface area contributed by atoms with E-state index in [4.69, 9.17) is 5.73 Å². The second-order valence-electron chi connectivity index (χ2n) is 5.83. The molecule has 0 amide bonds. The van der Waals surface area contributed by atoms with E-state index in [0.717, 1.165) is 12.8 Å². The van der Waals surface area contributed by atoms with Gasteiger partial charge in [-0.1, -0.05) is 31.2 Å². The van der Waals surface area contributed by atoms with Gasteiger partial charge in [0.1, 0.15) is 0 Å². The van der Waals surface area contributed by atoms with Crippen molar-refractivity contribution in [2.75, 3.05) is 11.9 Å². The zero-order valence-corrected chi connectivity index (χ0v) is 13.6. The molecule has 0 aliphatic carbocycles. The van der Waals surface area contributed by atoms with Crippen molar-refractivity contribution in [3.8, 4) is 0 Å². The molecule has 0 aliphatic heterocycles. The Labute approximate surface area is 128 Å². The first-order chi connectivity index (χ1) is 10.0. The minimum Gasteiger partial charge on any atom is -0.344 e. The number of anilines is 2. The number of para-hydroxylation sites is 1. The van der Waals surface area contributed by atoms with Gasteiger partial charge in [-0.2, -0.15) is 0 Å². The molecule has 0 spiro atoms. The van der Waals surface area contributed by atoms with E-state index in [1.165, 1.54) is 28.1 Å². The van der Waals surface area contributed by atoms with E-state index in [-0.39, 0.29) is 6.04 Å². The Balaban J connectivity index is 2.26. The summed E-state index contributed by atoms with van der Waals surface area (Å²) in [5, 5.41) is 0. The van der Waals surface area contributed by atoms with E-state index >= 15 is 0 Å². The second-order valence-corrected chi connectivity index (χ2v) is 5.83. The standard InChI is InChI=1S/C19H26N2/c1-5-17(20)13-16-10-11-18(12-15(16)3)21(4)19-9-7-6-8-14(19)2/h6-12,17H,5,13,20H2,1-4H3. The number of hydrogen-bond acceptors (Lipinski definition) is 2. The molecule has 2 N–H and O–H groups in total. The van der Waals surface area contributed by atoms with E-state index in [0.29, 0.717) is 0 Å². The lowest BCUT2D eigenvalue weighted by Crippen LogP contribution is -2.22. The second kappa shape index (κ2) is 6.77. The molecule has 0 heterocycles. The minimum absolute atomic E-state index is 0.253. The monoisotopic (exact) mass is 282 g/mol. The fraction of sp³-hybridized carbons (Fsp3) is 0.368. The van der Waals surface area contributed by atoms with Gasteiger partial charge in [0.05, 0.1) is 0 Å². The molecule has 0 aliphatic rings. The molecule has 2 aromatic rings. The van der Waals surface area contributed by atoms with Crippen LogP contribution in [0.2, 0.25) is 0 Å². The molecule has 2 aromatic carbocycles. The summed E-state index contributed by atoms with van der Waals surface area (Å²) in [5.74, 6) is 0. The molecular formula is C19H26N2. The third kappa shape index (κ3) is 3.64. The highest BCUT2D eigenvalue weighted by molar-refractivity contribution is 5.66. The SMILES string of the molecule is CCC(N)Cc1ccc(N(C)c2ccccc2C)cc1C. The summed E-state index contributed by atoms with van der Waals surface area (Å²) in [5.41, 5.74) is 12.5. The zero-order chi connectivity index (χ0) is 15.4. The van der Waals surface area contributed by atoms with Gasteiger partial charge < -0.3 is 10.6 Å². The van der Waals surface area contributed by atoms with Gasteiger partial charge in [-0.3, -0.25) is 0 Å². The van der Waals surface area contributed by atoms with Crippen LogP contribution in [0.25, 0.3) is 0 Å². The quantitative estimate of drug-likeness (QED) is 0.883. The lowest BCUT2D eigenvalue weighted by molar-refractivity contribution is 0.644. The average Bonchev–Trinajstić information content (AvgIpc) is 2.49. The highest BCUT2D eigenvalue weighted by Crippen LogP contribution is 2.28. The van der Waals surface area contributed by atoms with Gasteiger partial charge in [0.2, 0.25) is 0 Å². The van der Waals surface area contributed by atoms with Gasteiger partial charge in [-0.25, -0.2) is 0 Å². The third-order valence-electron chi connectivity index (χ3n) is 4.20. The fourth-order valence-corrected chi connectivity index (χ4v) is 2.62. The average molecular weight is 282 g/mol. The molecule has 0 aromatic heterocycles. The number of rotatable bonds is 5. The summed E-state index contributed by atoms with van der Waals surface area (Å²) in [6.07, 6.45) is 1.97. The Morgan fingerprint density at radius 3 is 2.38 bits per heavy atom. The Bertz CT molecular complexity index is 604. The first kappa shape index (κ1) is 15.6. The molecule has 0 fully saturated rings. The van der Waals surface area contributed by atoms with Gasteiger partial charge in [0.15, 0.2) is 0 Å². The summed E-state index contributed by atoms with van der Waals surface area (Å²) in [4.78, 5) is 2.24. The summed E-state index contributed by atoms with van der Waals surface area (Å²) in [6.45, 7) is 6.46. The molecule has 0 saturated heterocycles. The summed E-state index contributed by atoms with van der Waals surface area (Å²) in [6, 6.07) is 15.4. The van der Waals surface area contributed by atoms with Crippen LogP contribution in [-0.2, 0) is 6.42 Å². The molecule has 112 valence electrons. The molecule has 0 bridgehead atoms. The van der Waals surface area contributed by atoms with Crippen molar-refractivity contribution in [1.29, 1.82) is 0 Å². The number of hydrogen-bond donors (Lipinski definition) is 1. The van der Waals surface area contributed by atoms with Crippen molar-refractivity contribution in [3.63, 3.8) is 0 Å². The molecule has 0 saturated carbocycles. The number of nitrogens with zero attached hydrogens (tertiary/aromatic N) is 1. The zero-order valence-electron chi connectivity index (χ0n) is 13.6. The van der Waals surface area contributed by atoms with E-state index in [1.54, 1.807) is 0 Å². The highest BCUT2D eigenvalue weighted by Gasteiger charge is 2.09. The summed E-state index contributed by atoms with van der Waals surface area (Å²) >= 11 is 0. The Kier molecular flexibility index (Phi) is 5.03. The van der Waals surface area contributed by atoms with Crippen molar-refractivity contribution in [3.05, 3.63) is 59.2 Å². The predicted octanol–water partition coefficient (Wildman–Crippen LogP) is 4.35. The highest BCUT2D eigenvalue weighted by atomic mass is 15.1. The minimum atomic E-state index is 0.253. The van der Waals surface area contributed by atoms with E-state index < -0.39 is 0 Å². The first-order valence-electron chi connectivity index (χ1n) is 7.67. The lowest BCUT2D eigenvalue weighted by atomic mass is 9.99. The number of nitrogens with two attached hydrogens (primary N) is 1. The molecular weight excluding hydrogens is 256 g/mol. The van der Waals surface area contributed by atoms with E-state index in [2.05, 4.69) is 75.2 Å². The summed E-state index contributed by atoms with van der Waals surface area (Å²) in [7, 11) is 2.12. The van der Waals surface area contributed by atoms with Crippen molar-refractivity contribution in [1.82, 2.24) is 0 Å². The summed E-state index contributed by atoms with van der Waals surface area (Å²) < 4.78 is 0. The van der Waals surface area contributed by atoms with Crippen molar-refractivity contribution < 1.29 is 0 Å². The van der Waals surface area contributed by atoms with Crippen LogP contribution in [0.1, 0.15) is 30.0 Å².